The molecule has 1 aromatic carbocycles. The summed E-state index contributed by atoms with van der Waals surface area (Å²) in [6, 6.07) is 9.41. The standard InChI is InChI=1S/C16H16N4O2/c1-4-21-13-7-5-12(6-8-13)10-18-20-16-14(9-17)19-15(22-16)11(2)3/h5-8,10,20H,2,4H2,1,3H3. The summed E-state index contributed by atoms with van der Waals surface area (Å²) in [6.45, 7) is 8.03. The molecule has 6 nitrogen and oxygen atoms in total. The number of aromatic nitrogens is 1. The summed E-state index contributed by atoms with van der Waals surface area (Å²) in [7, 11) is 0. The number of benzene rings is 1. The number of hydrazone groups is 1. The van der Waals surface area contributed by atoms with Gasteiger partial charge < -0.3 is 9.15 Å². The molecule has 0 atom stereocenters. The fraction of sp³-hybridized carbons (Fsp3) is 0.188. The fourth-order valence-corrected chi connectivity index (χ4v) is 1.64. The summed E-state index contributed by atoms with van der Waals surface area (Å²) in [6.07, 6.45) is 1.61. The Morgan fingerprint density at radius 3 is 2.82 bits per heavy atom. The Kier molecular flexibility index (Phi) is 4.94. The van der Waals surface area contributed by atoms with Gasteiger partial charge in [-0.05, 0) is 43.7 Å². The third kappa shape index (κ3) is 3.73. The van der Waals surface area contributed by atoms with Gasteiger partial charge in [0.05, 0.1) is 12.8 Å². The van der Waals surface area contributed by atoms with Crippen LogP contribution in [0.3, 0.4) is 0 Å². The summed E-state index contributed by atoms with van der Waals surface area (Å²) >= 11 is 0. The molecular weight excluding hydrogens is 280 g/mol. The number of oxazole rings is 1. The summed E-state index contributed by atoms with van der Waals surface area (Å²) in [4.78, 5) is 4.01. The van der Waals surface area contributed by atoms with E-state index in [0.29, 0.717) is 18.1 Å². The van der Waals surface area contributed by atoms with E-state index in [1.807, 2.05) is 37.3 Å². The molecule has 1 aromatic heterocycles. The van der Waals surface area contributed by atoms with E-state index in [4.69, 9.17) is 14.4 Å². The van der Waals surface area contributed by atoms with Crippen molar-refractivity contribution in [2.45, 2.75) is 13.8 Å². The number of allylic oxidation sites excluding steroid dienone is 1. The topological polar surface area (TPSA) is 83.4 Å². The first kappa shape index (κ1) is 15.3. The minimum atomic E-state index is 0.141. The minimum Gasteiger partial charge on any atom is -0.494 e. The predicted octanol–water partition coefficient (Wildman–Crippen LogP) is 3.42. The van der Waals surface area contributed by atoms with Crippen LogP contribution in [0, 0.1) is 11.3 Å². The first-order valence-corrected chi connectivity index (χ1v) is 6.72. The summed E-state index contributed by atoms with van der Waals surface area (Å²) in [5, 5.41) is 13.0. The molecule has 6 heteroatoms. The lowest BCUT2D eigenvalue weighted by Crippen LogP contribution is -1.93. The number of anilines is 1. The average Bonchev–Trinajstić information content (AvgIpc) is 2.93. The van der Waals surface area contributed by atoms with Crippen molar-refractivity contribution >= 4 is 17.7 Å². The molecule has 1 heterocycles. The predicted molar refractivity (Wildman–Crippen MR) is 84.8 cm³/mol. The maximum Gasteiger partial charge on any atom is 0.252 e. The Balaban J connectivity index is 2.06. The van der Waals surface area contributed by atoms with Gasteiger partial charge in [-0.1, -0.05) is 6.58 Å². The zero-order chi connectivity index (χ0) is 15.9. The molecule has 0 fully saturated rings. The quantitative estimate of drug-likeness (QED) is 0.652. The SMILES string of the molecule is C=C(C)c1nc(C#N)c(NN=Cc2ccc(OCC)cc2)o1. The highest BCUT2D eigenvalue weighted by molar-refractivity contribution is 5.80. The van der Waals surface area contributed by atoms with Gasteiger partial charge in [0.25, 0.3) is 5.88 Å². The Morgan fingerprint density at radius 2 is 2.23 bits per heavy atom. The number of nitrogens with zero attached hydrogens (tertiary/aromatic N) is 3. The van der Waals surface area contributed by atoms with E-state index in [1.54, 1.807) is 13.1 Å². The molecule has 0 aliphatic carbocycles. The number of hydrogen-bond acceptors (Lipinski definition) is 6. The van der Waals surface area contributed by atoms with Gasteiger partial charge in [-0.2, -0.15) is 15.3 Å². The number of ether oxygens (including phenoxy) is 1. The Bertz CT molecular complexity index is 724. The molecule has 0 amide bonds. The van der Waals surface area contributed by atoms with Gasteiger partial charge in [0.2, 0.25) is 11.6 Å². The number of rotatable bonds is 6. The molecule has 0 unspecified atom stereocenters. The molecule has 0 aliphatic rings. The van der Waals surface area contributed by atoms with E-state index >= 15 is 0 Å². The summed E-state index contributed by atoms with van der Waals surface area (Å²) in [5.41, 5.74) is 4.34. The number of hydrogen-bond donors (Lipinski definition) is 1. The molecular formula is C16H16N4O2. The van der Waals surface area contributed by atoms with Crippen molar-refractivity contribution in [1.29, 1.82) is 5.26 Å². The van der Waals surface area contributed by atoms with Gasteiger partial charge in [0.15, 0.2) is 0 Å². The largest absolute Gasteiger partial charge is 0.494 e. The van der Waals surface area contributed by atoms with E-state index in [2.05, 4.69) is 22.1 Å². The molecule has 1 N–H and O–H groups in total. The van der Waals surface area contributed by atoms with Gasteiger partial charge in [0, 0.05) is 5.57 Å². The molecule has 0 saturated carbocycles. The fourth-order valence-electron chi connectivity index (χ4n) is 1.64. The van der Waals surface area contributed by atoms with Crippen molar-refractivity contribution in [3.8, 4) is 11.8 Å². The van der Waals surface area contributed by atoms with Crippen LogP contribution in [0.2, 0.25) is 0 Å². The molecule has 0 spiro atoms. The van der Waals surface area contributed by atoms with E-state index in [9.17, 15) is 0 Å². The van der Waals surface area contributed by atoms with Crippen molar-refractivity contribution in [1.82, 2.24) is 4.98 Å². The molecule has 0 aliphatic heterocycles. The first-order valence-electron chi connectivity index (χ1n) is 6.72. The van der Waals surface area contributed by atoms with Gasteiger partial charge >= 0.3 is 0 Å². The van der Waals surface area contributed by atoms with Gasteiger partial charge in [-0.15, -0.1) is 0 Å². The second-order valence-electron chi connectivity index (χ2n) is 4.46. The second kappa shape index (κ2) is 7.09. The molecule has 0 radical (unpaired) electrons. The van der Waals surface area contributed by atoms with E-state index in [0.717, 1.165) is 11.3 Å². The summed E-state index contributed by atoms with van der Waals surface area (Å²) in [5.74, 6) is 1.32. The van der Waals surface area contributed by atoms with Crippen molar-refractivity contribution in [3.63, 3.8) is 0 Å². The van der Waals surface area contributed by atoms with Crippen molar-refractivity contribution < 1.29 is 9.15 Å². The van der Waals surface area contributed by atoms with E-state index in [1.165, 1.54) is 0 Å². The highest BCUT2D eigenvalue weighted by atomic mass is 16.5. The second-order valence-corrected chi connectivity index (χ2v) is 4.46. The van der Waals surface area contributed by atoms with Crippen LogP contribution in [0.5, 0.6) is 5.75 Å². The van der Waals surface area contributed by atoms with E-state index in [-0.39, 0.29) is 11.6 Å². The molecule has 0 bridgehead atoms. The minimum absolute atomic E-state index is 0.141. The smallest absolute Gasteiger partial charge is 0.252 e. The van der Waals surface area contributed by atoms with Gasteiger partial charge in [-0.3, -0.25) is 0 Å². The van der Waals surface area contributed by atoms with Crippen LogP contribution in [0.4, 0.5) is 5.88 Å². The molecule has 112 valence electrons. The number of nitrogens with one attached hydrogen (secondary N) is 1. The third-order valence-corrected chi connectivity index (χ3v) is 2.67. The maximum absolute atomic E-state index is 9.00. The van der Waals surface area contributed by atoms with Crippen LogP contribution in [-0.4, -0.2) is 17.8 Å². The molecule has 0 saturated heterocycles. The maximum atomic E-state index is 9.00. The zero-order valence-corrected chi connectivity index (χ0v) is 12.5. The van der Waals surface area contributed by atoms with Gasteiger partial charge in [0.1, 0.15) is 11.8 Å². The summed E-state index contributed by atoms with van der Waals surface area (Å²) < 4.78 is 10.7. The Labute approximate surface area is 128 Å². The normalized spacial score (nSPS) is 10.4. The molecule has 22 heavy (non-hydrogen) atoms. The highest BCUT2D eigenvalue weighted by Crippen LogP contribution is 2.20. The van der Waals surface area contributed by atoms with Crippen LogP contribution in [0.15, 0.2) is 40.4 Å². The van der Waals surface area contributed by atoms with Crippen LogP contribution < -0.4 is 10.2 Å². The zero-order valence-electron chi connectivity index (χ0n) is 12.5. The van der Waals surface area contributed by atoms with Crippen LogP contribution in [-0.2, 0) is 0 Å². The van der Waals surface area contributed by atoms with Crippen LogP contribution in [0.25, 0.3) is 5.57 Å². The Morgan fingerprint density at radius 1 is 1.50 bits per heavy atom. The first-order chi connectivity index (χ1) is 10.6. The lowest BCUT2D eigenvalue weighted by molar-refractivity contribution is 0.340. The third-order valence-electron chi connectivity index (χ3n) is 2.67. The van der Waals surface area contributed by atoms with Crippen molar-refractivity contribution in [3.05, 3.63) is 48.0 Å². The van der Waals surface area contributed by atoms with Crippen LogP contribution >= 0.6 is 0 Å². The molecule has 2 rings (SSSR count). The van der Waals surface area contributed by atoms with E-state index < -0.39 is 0 Å². The monoisotopic (exact) mass is 296 g/mol. The van der Waals surface area contributed by atoms with Crippen molar-refractivity contribution in [2.75, 3.05) is 12.0 Å². The highest BCUT2D eigenvalue weighted by Gasteiger charge is 2.12. The van der Waals surface area contributed by atoms with Crippen molar-refractivity contribution in [2.24, 2.45) is 5.10 Å². The molecule has 2 aromatic rings. The average molecular weight is 296 g/mol. The van der Waals surface area contributed by atoms with Crippen LogP contribution in [0.1, 0.15) is 31.0 Å². The number of nitriles is 1. The van der Waals surface area contributed by atoms with Gasteiger partial charge in [-0.25, -0.2) is 5.43 Å². The lowest BCUT2D eigenvalue weighted by Gasteiger charge is -2.02. The Hall–Kier alpha value is -3.07. The lowest BCUT2D eigenvalue weighted by atomic mass is 10.2.